The number of dihydropyridines is 1. The number of hydrogen-bond donors (Lipinski definition) is 1. The number of nitrogens with one attached hydrogen (secondary N) is 1. The second-order valence-electron chi connectivity index (χ2n) is 7.47. The standard InChI is InChI=1S/C22H24N4O3S/c27-30(28)18-5-1-3-16(13-18)22-19-6-8-26(17-4-2-7-23-15-17)20(19)14-21(24-22)25-9-11-29-12-10-25/h1-5,13-15,23H,6-12H2,(H,27,28)/p-1. The predicted octanol–water partition coefficient (Wildman–Crippen LogP) is 2.19. The lowest BCUT2D eigenvalue weighted by atomic mass is 10.0. The van der Waals surface area contributed by atoms with Crippen LogP contribution in [0.1, 0.15) is 5.56 Å². The van der Waals surface area contributed by atoms with Crippen molar-refractivity contribution in [3.05, 3.63) is 59.9 Å². The number of morpholine rings is 1. The molecule has 1 saturated heterocycles. The molecule has 1 atom stereocenters. The van der Waals surface area contributed by atoms with Crippen LogP contribution in [0.2, 0.25) is 0 Å². The van der Waals surface area contributed by atoms with Gasteiger partial charge in [-0.3, -0.25) is 4.21 Å². The molecule has 0 spiro atoms. The molecule has 1 N–H and O–H groups in total. The molecule has 8 heteroatoms. The summed E-state index contributed by atoms with van der Waals surface area (Å²) in [6.45, 7) is 4.64. The summed E-state index contributed by atoms with van der Waals surface area (Å²) in [6.07, 6.45) is 7.16. The zero-order valence-electron chi connectivity index (χ0n) is 16.5. The fraction of sp³-hybridized carbons (Fsp3) is 0.318. The van der Waals surface area contributed by atoms with E-state index in [1.54, 1.807) is 18.2 Å². The molecule has 1 aromatic heterocycles. The van der Waals surface area contributed by atoms with Crippen molar-refractivity contribution in [3.8, 4) is 11.3 Å². The van der Waals surface area contributed by atoms with Crippen molar-refractivity contribution < 1.29 is 13.5 Å². The summed E-state index contributed by atoms with van der Waals surface area (Å²) < 4.78 is 28.5. The fourth-order valence-corrected chi connectivity index (χ4v) is 4.62. The molecule has 1 aromatic carbocycles. The molecule has 0 aliphatic carbocycles. The van der Waals surface area contributed by atoms with Gasteiger partial charge < -0.3 is 24.4 Å². The Hall–Kier alpha value is -2.68. The molecular weight excluding hydrogens is 400 g/mol. The summed E-state index contributed by atoms with van der Waals surface area (Å²) in [5.74, 6) is 0.904. The molecular formula is C22H23N4O3S-. The van der Waals surface area contributed by atoms with Crippen LogP contribution in [0, 0.1) is 0 Å². The number of rotatable bonds is 4. The molecule has 0 radical (unpaired) electrons. The largest absolute Gasteiger partial charge is 0.768 e. The van der Waals surface area contributed by atoms with Crippen molar-refractivity contribution in [2.45, 2.75) is 11.3 Å². The van der Waals surface area contributed by atoms with E-state index < -0.39 is 11.1 Å². The van der Waals surface area contributed by atoms with Crippen LogP contribution >= 0.6 is 0 Å². The number of allylic oxidation sites excluding steroid dienone is 1. The Kier molecular flexibility index (Phi) is 5.28. The fourth-order valence-electron chi connectivity index (χ4n) is 4.21. The second kappa shape index (κ2) is 8.22. The van der Waals surface area contributed by atoms with Crippen molar-refractivity contribution in [2.75, 3.05) is 49.2 Å². The number of anilines is 2. The molecule has 1 unspecified atom stereocenters. The average Bonchev–Trinajstić information content (AvgIpc) is 3.24. The molecule has 0 bridgehead atoms. The van der Waals surface area contributed by atoms with Gasteiger partial charge in [0.05, 0.1) is 30.3 Å². The van der Waals surface area contributed by atoms with E-state index in [1.165, 1.54) is 0 Å². The minimum absolute atomic E-state index is 0.275. The highest BCUT2D eigenvalue weighted by atomic mass is 32.2. The maximum atomic E-state index is 11.5. The third-order valence-corrected chi connectivity index (χ3v) is 6.32. The van der Waals surface area contributed by atoms with E-state index in [0.29, 0.717) is 13.2 Å². The van der Waals surface area contributed by atoms with Crippen molar-refractivity contribution in [3.63, 3.8) is 0 Å². The molecule has 5 rings (SSSR count). The van der Waals surface area contributed by atoms with Gasteiger partial charge in [0, 0.05) is 54.5 Å². The minimum Gasteiger partial charge on any atom is -0.768 e. The Labute approximate surface area is 178 Å². The van der Waals surface area contributed by atoms with Gasteiger partial charge in [-0.05, 0) is 35.7 Å². The molecule has 30 heavy (non-hydrogen) atoms. The zero-order valence-corrected chi connectivity index (χ0v) is 17.4. The molecule has 3 aliphatic heterocycles. The molecule has 156 valence electrons. The monoisotopic (exact) mass is 423 g/mol. The third-order valence-electron chi connectivity index (χ3n) is 5.68. The van der Waals surface area contributed by atoms with Crippen LogP contribution in [0.15, 0.2) is 59.3 Å². The van der Waals surface area contributed by atoms with E-state index in [1.807, 2.05) is 12.3 Å². The van der Waals surface area contributed by atoms with Crippen LogP contribution in [0.25, 0.3) is 11.3 Å². The van der Waals surface area contributed by atoms with E-state index in [4.69, 9.17) is 9.72 Å². The number of nitrogens with zero attached hydrogens (tertiary/aromatic N) is 3. The van der Waals surface area contributed by atoms with Crippen molar-refractivity contribution in [2.24, 2.45) is 0 Å². The molecule has 4 heterocycles. The maximum absolute atomic E-state index is 11.5. The van der Waals surface area contributed by atoms with E-state index >= 15 is 0 Å². The van der Waals surface area contributed by atoms with Crippen LogP contribution < -0.4 is 15.1 Å². The summed E-state index contributed by atoms with van der Waals surface area (Å²) in [4.78, 5) is 9.83. The number of hydrogen-bond acceptors (Lipinski definition) is 7. The number of benzene rings is 1. The summed E-state index contributed by atoms with van der Waals surface area (Å²) >= 11 is -2.27. The molecule has 3 aliphatic rings. The lowest BCUT2D eigenvalue weighted by molar-refractivity contribution is 0.122. The van der Waals surface area contributed by atoms with Gasteiger partial charge in [0.25, 0.3) is 0 Å². The Balaban J connectivity index is 1.64. The number of aromatic nitrogens is 1. The number of ether oxygens (including phenoxy) is 1. The average molecular weight is 424 g/mol. The van der Waals surface area contributed by atoms with Gasteiger partial charge in [0.2, 0.25) is 0 Å². The van der Waals surface area contributed by atoms with Crippen LogP contribution in [-0.2, 0) is 22.2 Å². The van der Waals surface area contributed by atoms with Gasteiger partial charge >= 0.3 is 0 Å². The lowest BCUT2D eigenvalue weighted by Gasteiger charge is -2.30. The first-order valence-electron chi connectivity index (χ1n) is 10.1. The van der Waals surface area contributed by atoms with Crippen LogP contribution in [-0.4, -0.2) is 53.1 Å². The Morgan fingerprint density at radius 1 is 1.17 bits per heavy atom. The van der Waals surface area contributed by atoms with Crippen LogP contribution in [0.5, 0.6) is 0 Å². The van der Waals surface area contributed by atoms with Gasteiger partial charge in [0.1, 0.15) is 5.82 Å². The topological polar surface area (TPSA) is 80.8 Å². The summed E-state index contributed by atoms with van der Waals surface area (Å²) in [5.41, 5.74) is 5.10. The summed E-state index contributed by atoms with van der Waals surface area (Å²) in [5, 5.41) is 3.29. The van der Waals surface area contributed by atoms with Crippen molar-refractivity contribution in [1.29, 1.82) is 0 Å². The number of fused-ring (bicyclic) bond motifs is 1. The highest BCUT2D eigenvalue weighted by Crippen LogP contribution is 2.40. The minimum atomic E-state index is -2.27. The Bertz CT molecular complexity index is 1050. The molecule has 0 amide bonds. The van der Waals surface area contributed by atoms with Crippen molar-refractivity contribution in [1.82, 2.24) is 10.3 Å². The summed E-state index contributed by atoms with van der Waals surface area (Å²) in [7, 11) is 0. The summed E-state index contributed by atoms with van der Waals surface area (Å²) in [6, 6.07) is 9.19. The van der Waals surface area contributed by atoms with Crippen LogP contribution in [0.4, 0.5) is 11.5 Å². The predicted molar refractivity (Wildman–Crippen MR) is 116 cm³/mol. The van der Waals surface area contributed by atoms with Gasteiger partial charge in [0.15, 0.2) is 0 Å². The Morgan fingerprint density at radius 3 is 2.80 bits per heavy atom. The van der Waals surface area contributed by atoms with E-state index in [0.717, 1.165) is 66.6 Å². The van der Waals surface area contributed by atoms with Crippen LogP contribution in [0.3, 0.4) is 0 Å². The van der Waals surface area contributed by atoms with Gasteiger partial charge in [-0.15, -0.1) is 0 Å². The molecule has 2 aromatic rings. The van der Waals surface area contributed by atoms with Gasteiger partial charge in [-0.2, -0.15) is 0 Å². The number of pyridine rings is 1. The first kappa shape index (κ1) is 19.3. The van der Waals surface area contributed by atoms with E-state index in [2.05, 4.69) is 33.3 Å². The Morgan fingerprint density at radius 2 is 2.03 bits per heavy atom. The van der Waals surface area contributed by atoms with E-state index in [9.17, 15) is 8.76 Å². The zero-order chi connectivity index (χ0) is 20.5. The van der Waals surface area contributed by atoms with E-state index in [-0.39, 0.29) is 4.90 Å². The van der Waals surface area contributed by atoms with Gasteiger partial charge in [-0.1, -0.05) is 18.2 Å². The molecule has 7 nitrogen and oxygen atoms in total. The van der Waals surface area contributed by atoms with Crippen molar-refractivity contribution >= 4 is 22.6 Å². The highest BCUT2D eigenvalue weighted by molar-refractivity contribution is 7.79. The molecule has 0 saturated carbocycles. The first-order valence-corrected chi connectivity index (χ1v) is 11.2. The molecule has 1 fully saturated rings. The highest BCUT2D eigenvalue weighted by Gasteiger charge is 2.28. The lowest BCUT2D eigenvalue weighted by Crippen LogP contribution is -2.37. The second-order valence-corrected chi connectivity index (χ2v) is 8.41. The normalized spacial score (nSPS) is 19.3. The quantitative estimate of drug-likeness (QED) is 0.755. The maximum Gasteiger partial charge on any atom is 0.131 e. The van der Waals surface area contributed by atoms with Gasteiger partial charge in [-0.25, -0.2) is 4.98 Å². The SMILES string of the molecule is O=S([O-])c1cccc(-c2nc(N3CCOCC3)cc3c2CCN3C2=CNCC=C2)c1. The smallest absolute Gasteiger partial charge is 0.131 e. The first-order chi connectivity index (χ1) is 14.7. The third kappa shape index (κ3) is 3.62.